The Labute approximate surface area is 140 Å². The molecule has 23 heavy (non-hydrogen) atoms. The maximum Gasteiger partial charge on any atom is 0.230 e. The Morgan fingerprint density at radius 2 is 1.65 bits per heavy atom. The molecule has 3 heteroatoms. The molecule has 3 rings (SSSR count). The van der Waals surface area contributed by atoms with Gasteiger partial charge in [-0.2, -0.15) is 0 Å². The second-order valence-corrected chi connectivity index (χ2v) is 6.55. The molecule has 0 radical (unpaired) electrons. The van der Waals surface area contributed by atoms with Crippen LogP contribution in [-0.2, 0) is 4.79 Å². The fourth-order valence-corrected chi connectivity index (χ4v) is 3.24. The molecule has 1 unspecified atom stereocenters. The van der Waals surface area contributed by atoms with Crippen LogP contribution < -0.4 is 5.32 Å². The van der Waals surface area contributed by atoms with E-state index in [9.17, 15) is 4.79 Å². The molecule has 0 spiro atoms. The van der Waals surface area contributed by atoms with Gasteiger partial charge in [-0.05, 0) is 41.5 Å². The summed E-state index contributed by atoms with van der Waals surface area (Å²) >= 11 is 1.56. The first-order valence-corrected chi connectivity index (χ1v) is 8.67. The number of rotatable bonds is 5. The highest BCUT2D eigenvalue weighted by atomic mass is 32.2. The van der Waals surface area contributed by atoms with Gasteiger partial charge in [-0.1, -0.05) is 54.6 Å². The van der Waals surface area contributed by atoms with Crippen molar-refractivity contribution < 1.29 is 4.79 Å². The van der Waals surface area contributed by atoms with Gasteiger partial charge in [0.05, 0.1) is 11.8 Å². The number of nitrogens with one attached hydrogen (secondary N) is 1. The van der Waals surface area contributed by atoms with Crippen LogP contribution in [0.5, 0.6) is 0 Å². The largest absolute Gasteiger partial charge is 0.349 e. The molecule has 0 bridgehead atoms. The minimum atomic E-state index is 0.00322. The number of amides is 1. The quantitative estimate of drug-likeness (QED) is 0.683. The number of carbonyl (C=O) groups is 1. The molecule has 2 nitrogen and oxygen atoms in total. The van der Waals surface area contributed by atoms with Gasteiger partial charge in [0.2, 0.25) is 5.91 Å². The van der Waals surface area contributed by atoms with Crippen LogP contribution in [0.2, 0.25) is 0 Å². The van der Waals surface area contributed by atoms with Crippen LogP contribution in [0.3, 0.4) is 0 Å². The molecule has 0 saturated heterocycles. The summed E-state index contributed by atoms with van der Waals surface area (Å²) in [5, 5.41) is 5.49. The molecular formula is C20H19NOS. The van der Waals surface area contributed by atoms with Gasteiger partial charge < -0.3 is 5.32 Å². The number of benzene rings is 3. The van der Waals surface area contributed by atoms with Gasteiger partial charge in [-0.3, -0.25) is 4.79 Å². The van der Waals surface area contributed by atoms with Gasteiger partial charge in [0, 0.05) is 4.90 Å². The zero-order chi connectivity index (χ0) is 16.1. The van der Waals surface area contributed by atoms with Crippen LogP contribution in [0.4, 0.5) is 0 Å². The summed E-state index contributed by atoms with van der Waals surface area (Å²) in [5.74, 6) is 0.488. The third-order valence-electron chi connectivity index (χ3n) is 3.76. The van der Waals surface area contributed by atoms with Crippen molar-refractivity contribution in [3.05, 3.63) is 78.4 Å². The van der Waals surface area contributed by atoms with Gasteiger partial charge in [-0.25, -0.2) is 0 Å². The van der Waals surface area contributed by atoms with E-state index in [-0.39, 0.29) is 11.9 Å². The second kappa shape index (κ2) is 7.34. The average molecular weight is 321 g/mol. The molecule has 0 saturated carbocycles. The highest BCUT2D eigenvalue weighted by Crippen LogP contribution is 2.21. The van der Waals surface area contributed by atoms with Crippen molar-refractivity contribution in [1.29, 1.82) is 0 Å². The molecule has 0 fully saturated rings. The Morgan fingerprint density at radius 1 is 0.957 bits per heavy atom. The summed E-state index contributed by atoms with van der Waals surface area (Å²) in [7, 11) is 0. The fraction of sp³-hybridized carbons (Fsp3) is 0.150. The summed E-state index contributed by atoms with van der Waals surface area (Å²) < 4.78 is 0. The van der Waals surface area contributed by atoms with E-state index >= 15 is 0 Å². The van der Waals surface area contributed by atoms with Gasteiger partial charge in [-0.15, -0.1) is 11.8 Å². The summed E-state index contributed by atoms with van der Waals surface area (Å²) in [5.41, 5.74) is 1.13. The van der Waals surface area contributed by atoms with Gasteiger partial charge >= 0.3 is 0 Å². The Hall–Kier alpha value is -2.26. The molecule has 3 aromatic carbocycles. The standard InChI is InChI=1S/C20H19NOS/c1-15(17-12-11-16-7-5-6-8-18(16)13-17)21-20(22)14-23-19-9-3-2-4-10-19/h2-13,15H,14H2,1H3,(H,21,22). The van der Waals surface area contributed by atoms with Gasteiger partial charge in [0.15, 0.2) is 0 Å². The first-order chi connectivity index (χ1) is 11.2. The number of hydrogen-bond acceptors (Lipinski definition) is 2. The third-order valence-corrected chi connectivity index (χ3v) is 4.78. The first-order valence-electron chi connectivity index (χ1n) is 7.68. The third kappa shape index (κ3) is 4.14. The SMILES string of the molecule is CC(NC(=O)CSc1ccccc1)c1ccc2ccccc2c1. The van der Waals surface area contributed by atoms with E-state index in [0.717, 1.165) is 10.5 Å². The van der Waals surface area contributed by atoms with Gasteiger partial charge in [0.1, 0.15) is 0 Å². The zero-order valence-electron chi connectivity index (χ0n) is 13.0. The molecule has 1 N–H and O–H groups in total. The minimum absolute atomic E-state index is 0.00322. The van der Waals surface area contributed by atoms with Crippen molar-refractivity contribution in [2.24, 2.45) is 0 Å². The Bertz CT molecular complexity index is 801. The van der Waals surface area contributed by atoms with E-state index in [1.54, 1.807) is 11.8 Å². The van der Waals surface area contributed by atoms with Crippen molar-refractivity contribution in [2.75, 3.05) is 5.75 Å². The van der Waals surface area contributed by atoms with Crippen LogP contribution in [0.15, 0.2) is 77.7 Å². The van der Waals surface area contributed by atoms with Gasteiger partial charge in [0.25, 0.3) is 0 Å². The molecule has 0 heterocycles. The van der Waals surface area contributed by atoms with Crippen LogP contribution >= 0.6 is 11.8 Å². The second-order valence-electron chi connectivity index (χ2n) is 5.50. The monoisotopic (exact) mass is 321 g/mol. The van der Waals surface area contributed by atoms with Crippen LogP contribution in [0.1, 0.15) is 18.5 Å². The summed E-state index contributed by atoms with van der Waals surface area (Å²) in [6.07, 6.45) is 0. The molecule has 0 aliphatic rings. The van der Waals surface area contributed by atoms with Crippen LogP contribution in [0.25, 0.3) is 10.8 Å². The molecule has 1 amide bonds. The molecule has 116 valence electrons. The highest BCUT2D eigenvalue weighted by molar-refractivity contribution is 8.00. The molecule has 1 atom stereocenters. The number of fused-ring (bicyclic) bond motifs is 1. The van der Waals surface area contributed by atoms with E-state index in [2.05, 4.69) is 35.6 Å². The lowest BCUT2D eigenvalue weighted by Crippen LogP contribution is -2.28. The molecule has 0 aliphatic carbocycles. The molecular weight excluding hydrogens is 302 g/mol. The lowest BCUT2D eigenvalue weighted by molar-refractivity contribution is -0.119. The zero-order valence-corrected chi connectivity index (χ0v) is 13.8. The van der Waals surface area contributed by atoms with E-state index in [1.807, 2.05) is 49.4 Å². The number of carbonyl (C=O) groups excluding carboxylic acids is 1. The summed E-state index contributed by atoms with van der Waals surface area (Å²) in [6, 6.07) is 24.6. The van der Waals surface area contributed by atoms with Crippen LogP contribution in [-0.4, -0.2) is 11.7 Å². The van der Waals surface area contributed by atoms with Crippen molar-refractivity contribution in [2.45, 2.75) is 17.9 Å². The maximum atomic E-state index is 12.1. The Balaban J connectivity index is 1.61. The van der Waals surface area contributed by atoms with Crippen molar-refractivity contribution in [1.82, 2.24) is 5.32 Å². The van der Waals surface area contributed by atoms with E-state index in [4.69, 9.17) is 0 Å². The van der Waals surface area contributed by atoms with E-state index in [1.165, 1.54) is 10.8 Å². The predicted octanol–water partition coefficient (Wildman–Crippen LogP) is 4.81. The number of thioether (sulfide) groups is 1. The predicted molar refractivity (Wildman–Crippen MR) is 97.7 cm³/mol. The van der Waals surface area contributed by atoms with Crippen molar-refractivity contribution in [3.63, 3.8) is 0 Å². The normalized spacial score (nSPS) is 12.0. The van der Waals surface area contributed by atoms with E-state index < -0.39 is 0 Å². The Kier molecular flexibility index (Phi) is 4.99. The van der Waals surface area contributed by atoms with Crippen LogP contribution in [0, 0.1) is 0 Å². The summed E-state index contributed by atoms with van der Waals surface area (Å²) in [6.45, 7) is 2.02. The topological polar surface area (TPSA) is 29.1 Å². The molecule has 0 aromatic heterocycles. The average Bonchev–Trinajstić information content (AvgIpc) is 2.60. The fourth-order valence-electron chi connectivity index (χ4n) is 2.51. The lowest BCUT2D eigenvalue weighted by Gasteiger charge is -2.15. The first kappa shape index (κ1) is 15.6. The minimum Gasteiger partial charge on any atom is -0.349 e. The molecule has 0 aliphatic heterocycles. The van der Waals surface area contributed by atoms with E-state index in [0.29, 0.717) is 5.75 Å². The summed E-state index contributed by atoms with van der Waals surface area (Å²) in [4.78, 5) is 13.2. The highest BCUT2D eigenvalue weighted by Gasteiger charge is 2.10. The van der Waals surface area contributed by atoms with Crippen molar-refractivity contribution >= 4 is 28.4 Å². The number of hydrogen-bond donors (Lipinski definition) is 1. The Morgan fingerprint density at radius 3 is 2.43 bits per heavy atom. The van der Waals surface area contributed by atoms with Crippen molar-refractivity contribution in [3.8, 4) is 0 Å². The lowest BCUT2D eigenvalue weighted by atomic mass is 10.0. The maximum absolute atomic E-state index is 12.1. The smallest absolute Gasteiger partial charge is 0.230 e. The molecule has 3 aromatic rings.